The molecule has 0 aromatic carbocycles. The molecular formula is C9H18F4OSi. The van der Waals surface area contributed by atoms with Crippen LogP contribution in [-0.4, -0.2) is 27.3 Å². The van der Waals surface area contributed by atoms with E-state index in [2.05, 4.69) is 0 Å². The van der Waals surface area contributed by atoms with E-state index in [0.717, 1.165) is 0 Å². The van der Waals surface area contributed by atoms with Crippen molar-refractivity contribution in [3.05, 3.63) is 0 Å². The minimum absolute atomic E-state index is 0.259. The maximum atomic E-state index is 12.6. The fraction of sp³-hybridized carbons (Fsp3) is 1.00. The normalized spacial score (nSPS) is 14.8. The Kier molecular flexibility index (Phi) is 4.38. The van der Waals surface area contributed by atoms with Gasteiger partial charge >= 0.3 is 12.3 Å². The molecule has 0 saturated carbocycles. The van der Waals surface area contributed by atoms with Crippen LogP contribution in [0.2, 0.25) is 18.1 Å². The molecule has 0 aromatic heterocycles. The van der Waals surface area contributed by atoms with Crippen LogP contribution in [-0.2, 0) is 4.43 Å². The molecule has 0 aliphatic heterocycles. The third-order valence-electron chi connectivity index (χ3n) is 2.75. The first-order chi connectivity index (χ1) is 6.40. The van der Waals surface area contributed by atoms with Crippen LogP contribution >= 0.6 is 0 Å². The summed E-state index contributed by atoms with van der Waals surface area (Å²) in [4.78, 5) is 0. The van der Waals surface area contributed by atoms with E-state index in [9.17, 15) is 17.6 Å². The molecule has 0 N–H and O–H groups in total. The summed E-state index contributed by atoms with van der Waals surface area (Å²) in [5.74, 6) is -4.05. The van der Waals surface area contributed by atoms with E-state index < -0.39 is 27.3 Å². The highest BCUT2D eigenvalue weighted by Crippen LogP contribution is 2.37. The Morgan fingerprint density at radius 2 is 1.53 bits per heavy atom. The SMILES string of the molecule is CC(C)(C)[Si](C)(C)OCC(F)(F)C(F)F. The van der Waals surface area contributed by atoms with Crippen LogP contribution in [0.4, 0.5) is 17.6 Å². The van der Waals surface area contributed by atoms with E-state index in [1.807, 2.05) is 20.8 Å². The van der Waals surface area contributed by atoms with E-state index in [-0.39, 0.29) is 5.04 Å². The summed E-state index contributed by atoms with van der Waals surface area (Å²) in [6, 6.07) is 0. The van der Waals surface area contributed by atoms with Gasteiger partial charge in [-0.05, 0) is 18.1 Å². The van der Waals surface area contributed by atoms with Crippen molar-refractivity contribution in [1.82, 2.24) is 0 Å². The quantitative estimate of drug-likeness (QED) is 0.540. The molecule has 0 atom stereocenters. The summed E-state index contributed by atoms with van der Waals surface area (Å²) in [6.45, 7) is 7.88. The minimum Gasteiger partial charge on any atom is -0.410 e. The molecule has 0 radical (unpaired) electrons. The number of hydrogen-bond donors (Lipinski definition) is 0. The molecule has 1 nitrogen and oxygen atoms in total. The monoisotopic (exact) mass is 246 g/mol. The van der Waals surface area contributed by atoms with Crippen molar-refractivity contribution in [3.63, 3.8) is 0 Å². The van der Waals surface area contributed by atoms with E-state index in [4.69, 9.17) is 4.43 Å². The minimum atomic E-state index is -4.05. The van der Waals surface area contributed by atoms with E-state index in [1.54, 1.807) is 13.1 Å². The maximum Gasteiger partial charge on any atom is 0.328 e. The largest absolute Gasteiger partial charge is 0.410 e. The zero-order valence-electron chi connectivity index (χ0n) is 9.70. The molecule has 92 valence electrons. The highest BCUT2D eigenvalue weighted by atomic mass is 28.4. The third-order valence-corrected chi connectivity index (χ3v) is 7.23. The molecule has 0 heterocycles. The molecular weight excluding hydrogens is 228 g/mol. The predicted molar refractivity (Wildman–Crippen MR) is 54.1 cm³/mol. The topological polar surface area (TPSA) is 9.23 Å². The summed E-state index contributed by atoms with van der Waals surface area (Å²) in [6.07, 6.45) is -3.66. The van der Waals surface area contributed by atoms with Gasteiger partial charge in [-0.2, -0.15) is 8.78 Å². The van der Waals surface area contributed by atoms with Gasteiger partial charge in [0.25, 0.3) is 0 Å². The molecule has 6 heteroatoms. The molecule has 0 bridgehead atoms. The Morgan fingerprint density at radius 3 is 1.80 bits per heavy atom. The standard InChI is InChI=1S/C9H18F4OSi/c1-8(2,3)15(4,5)14-6-9(12,13)7(10)11/h7H,6H2,1-5H3. The lowest BCUT2D eigenvalue weighted by Gasteiger charge is -2.37. The molecule has 0 rings (SSSR count). The predicted octanol–water partition coefficient (Wildman–Crippen LogP) is 3.91. The first-order valence-corrected chi connectivity index (χ1v) is 7.61. The summed E-state index contributed by atoms with van der Waals surface area (Å²) in [5, 5.41) is -0.259. The Bertz CT molecular complexity index is 211. The van der Waals surface area contributed by atoms with Gasteiger partial charge in [0.05, 0.1) is 0 Å². The summed E-state index contributed by atoms with van der Waals surface area (Å²) < 4.78 is 54.0. The zero-order valence-corrected chi connectivity index (χ0v) is 10.7. The van der Waals surface area contributed by atoms with Gasteiger partial charge < -0.3 is 4.43 Å². The molecule has 0 fully saturated rings. The molecule has 0 spiro atoms. The summed E-state index contributed by atoms with van der Waals surface area (Å²) in [7, 11) is -2.37. The van der Waals surface area contributed by atoms with Crippen molar-refractivity contribution in [2.75, 3.05) is 6.61 Å². The number of rotatable bonds is 4. The van der Waals surface area contributed by atoms with Crippen LogP contribution < -0.4 is 0 Å². The van der Waals surface area contributed by atoms with Gasteiger partial charge in [0.2, 0.25) is 0 Å². The number of hydrogen-bond acceptors (Lipinski definition) is 1. The van der Waals surface area contributed by atoms with Gasteiger partial charge in [-0.1, -0.05) is 20.8 Å². The Hall–Kier alpha value is -0.103. The molecule has 0 unspecified atom stereocenters. The second-order valence-electron chi connectivity index (χ2n) is 5.11. The smallest absolute Gasteiger partial charge is 0.328 e. The summed E-state index contributed by atoms with van der Waals surface area (Å²) in [5.41, 5.74) is 0. The molecule has 0 amide bonds. The first-order valence-electron chi connectivity index (χ1n) is 4.70. The van der Waals surface area contributed by atoms with Gasteiger partial charge in [-0.25, -0.2) is 8.78 Å². The van der Waals surface area contributed by atoms with Crippen molar-refractivity contribution in [3.8, 4) is 0 Å². The lowest BCUT2D eigenvalue weighted by molar-refractivity contribution is -0.150. The number of alkyl halides is 4. The third kappa shape index (κ3) is 4.10. The van der Waals surface area contributed by atoms with Crippen molar-refractivity contribution >= 4 is 8.32 Å². The first kappa shape index (κ1) is 14.9. The van der Waals surface area contributed by atoms with Gasteiger partial charge in [-0.3, -0.25) is 0 Å². The van der Waals surface area contributed by atoms with Crippen LogP contribution in [0.1, 0.15) is 20.8 Å². The lowest BCUT2D eigenvalue weighted by Crippen LogP contribution is -2.45. The molecule has 0 aliphatic rings. The van der Waals surface area contributed by atoms with Gasteiger partial charge in [0, 0.05) is 0 Å². The Balaban J connectivity index is 4.40. The van der Waals surface area contributed by atoms with E-state index in [0.29, 0.717) is 0 Å². The highest BCUT2D eigenvalue weighted by Gasteiger charge is 2.45. The van der Waals surface area contributed by atoms with Crippen LogP contribution in [0.3, 0.4) is 0 Å². The summed E-state index contributed by atoms with van der Waals surface area (Å²) >= 11 is 0. The fourth-order valence-electron chi connectivity index (χ4n) is 0.556. The van der Waals surface area contributed by atoms with Crippen LogP contribution in [0, 0.1) is 0 Å². The van der Waals surface area contributed by atoms with Crippen LogP contribution in [0.25, 0.3) is 0 Å². The second-order valence-corrected chi connectivity index (χ2v) is 9.92. The van der Waals surface area contributed by atoms with E-state index in [1.165, 1.54) is 0 Å². The van der Waals surface area contributed by atoms with Gasteiger partial charge in [0.1, 0.15) is 6.61 Å². The van der Waals surface area contributed by atoms with Crippen molar-refractivity contribution < 1.29 is 22.0 Å². The van der Waals surface area contributed by atoms with Gasteiger partial charge in [-0.15, -0.1) is 0 Å². The second kappa shape index (κ2) is 4.41. The fourth-order valence-corrected chi connectivity index (χ4v) is 1.54. The Labute approximate surface area is 88.9 Å². The number of halogens is 4. The molecule has 0 saturated heterocycles. The van der Waals surface area contributed by atoms with Crippen molar-refractivity contribution in [2.24, 2.45) is 0 Å². The maximum absolute atomic E-state index is 12.6. The molecule has 0 aromatic rings. The average Bonchev–Trinajstić information content (AvgIpc) is 1.99. The van der Waals surface area contributed by atoms with Crippen LogP contribution in [0.15, 0.2) is 0 Å². The van der Waals surface area contributed by atoms with Crippen LogP contribution in [0.5, 0.6) is 0 Å². The van der Waals surface area contributed by atoms with E-state index >= 15 is 0 Å². The lowest BCUT2D eigenvalue weighted by atomic mass is 10.2. The van der Waals surface area contributed by atoms with Crippen molar-refractivity contribution in [2.45, 2.75) is 51.3 Å². The van der Waals surface area contributed by atoms with Crippen molar-refractivity contribution in [1.29, 1.82) is 0 Å². The highest BCUT2D eigenvalue weighted by molar-refractivity contribution is 6.74. The molecule has 15 heavy (non-hydrogen) atoms. The Morgan fingerprint density at radius 1 is 1.13 bits per heavy atom. The zero-order chi connectivity index (χ0) is 12.5. The molecule has 0 aliphatic carbocycles. The average molecular weight is 246 g/mol. The van der Waals surface area contributed by atoms with Gasteiger partial charge in [0.15, 0.2) is 8.32 Å².